The number of carbonyl (C=O) groups is 1. The molecule has 2 rings (SSSR count). The van der Waals surface area contributed by atoms with Crippen molar-refractivity contribution in [2.45, 2.75) is 52.6 Å². The standard InChI is InChI=1S/C19H27NO2/c1-18(2,3)16-9-7-8-14(12-16)15-10-11-20(13-15)17(21)22-19(4,5)6/h7-10,12H,11,13H2,1-6H3. The first-order valence-electron chi connectivity index (χ1n) is 7.84. The Bertz CT molecular complexity index is 588. The Hall–Kier alpha value is -1.77. The van der Waals surface area contributed by atoms with Crippen molar-refractivity contribution in [2.24, 2.45) is 0 Å². The van der Waals surface area contributed by atoms with E-state index in [2.05, 4.69) is 51.1 Å². The van der Waals surface area contributed by atoms with Gasteiger partial charge in [-0.1, -0.05) is 51.1 Å². The maximum atomic E-state index is 12.1. The van der Waals surface area contributed by atoms with Crippen molar-refractivity contribution in [3.05, 3.63) is 41.5 Å². The van der Waals surface area contributed by atoms with Crippen LogP contribution in [0, 0.1) is 0 Å². The van der Waals surface area contributed by atoms with Gasteiger partial charge in [0.2, 0.25) is 0 Å². The average Bonchev–Trinajstić information content (AvgIpc) is 2.85. The van der Waals surface area contributed by atoms with Crippen LogP contribution in [-0.2, 0) is 10.2 Å². The van der Waals surface area contributed by atoms with E-state index in [1.807, 2.05) is 20.8 Å². The monoisotopic (exact) mass is 301 g/mol. The summed E-state index contributed by atoms with van der Waals surface area (Å²) in [7, 11) is 0. The topological polar surface area (TPSA) is 29.5 Å². The third kappa shape index (κ3) is 4.12. The van der Waals surface area contributed by atoms with E-state index < -0.39 is 5.60 Å². The van der Waals surface area contributed by atoms with E-state index in [9.17, 15) is 4.79 Å². The lowest BCUT2D eigenvalue weighted by molar-refractivity contribution is 0.0306. The zero-order chi connectivity index (χ0) is 16.5. The van der Waals surface area contributed by atoms with Crippen molar-refractivity contribution < 1.29 is 9.53 Å². The first-order chi connectivity index (χ1) is 10.1. The highest BCUT2D eigenvalue weighted by atomic mass is 16.6. The second-order valence-electron chi connectivity index (χ2n) is 7.92. The van der Waals surface area contributed by atoms with Crippen LogP contribution in [0.3, 0.4) is 0 Å². The number of rotatable bonds is 1. The number of ether oxygens (including phenoxy) is 1. The van der Waals surface area contributed by atoms with Gasteiger partial charge < -0.3 is 9.64 Å². The predicted molar refractivity (Wildman–Crippen MR) is 90.9 cm³/mol. The van der Waals surface area contributed by atoms with Gasteiger partial charge in [0.15, 0.2) is 0 Å². The molecule has 0 saturated carbocycles. The van der Waals surface area contributed by atoms with Gasteiger partial charge >= 0.3 is 6.09 Å². The van der Waals surface area contributed by atoms with Gasteiger partial charge in [-0.2, -0.15) is 0 Å². The SMILES string of the molecule is CC(C)(C)OC(=O)N1CC=C(c2cccc(C(C)(C)C)c2)C1. The highest BCUT2D eigenvalue weighted by Crippen LogP contribution is 2.28. The number of carbonyl (C=O) groups excluding carboxylic acids is 1. The molecule has 0 fully saturated rings. The van der Waals surface area contributed by atoms with Crippen LogP contribution < -0.4 is 0 Å². The molecule has 1 aromatic rings. The Morgan fingerprint density at radius 1 is 1.14 bits per heavy atom. The lowest BCUT2D eigenvalue weighted by Gasteiger charge is -2.24. The Kier molecular flexibility index (Phi) is 4.37. The van der Waals surface area contributed by atoms with Gasteiger partial charge in [0.25, 0.3) is 0 Å². The summed E-state index contributed by atoms with van der Waals surface area (Å²) < 4.78 is 5.44. The van der Waals surface area contributed by atoms with Crippen molar-refractivity contribution in [3.63, 3.8) is 0 Å². The Morgan fingerprint density at radius 2 is 1.82 bits per heavy atom. The third-order valence-corrected chi connectivity index (χ3v) is 3.67. The Morgan fingerprint density at radius 3 is 2.41 bits per heavy atom. The molecule has 0 aromatic heterocycles. The van der Waals surface area contributed by atoms with E-state index >= 15 is 0 Å². The molecule has 0 saturated heterocycles. The quantitative estimate of drug-likeness (QED) is 0.757. The van der Waals surface area contributed by atoms with Crippen molar-refractivity contribution >= 4 is 11.7 Å². The largest absolute Gasteiger partial charge is 0.444 e. The van der Waals surface area contributed by atoms with E-state index in [1.165, 1.54) is 16.7 Å². The summed E-state index contributed by atoms with van der Waals surface area (Å²) in [4.78, 5) is 13.9. The van der Waals surface area contributed by atoms with Gasteiger partial charge in [0.05, 0.1) is 0 Å². The Balaban J connectivity index is 2.09. The minimum absolute atomic E-state index is 0.125. The maximum absolute atomic E-state index is 12.1. The summed E-state index contributed by atoms with van der Waals surface area (Å²) in [6.07, 6.45) is 1.87. The van der Waals surface area contributed by atoms with Crippen LogP contribution in [0.2, 0.25) is 0 Å². The number of hydrogen-bond donors (Lipinski definition) is 0. The minimum atomic E-state index is -0.452. The maximum Gasteiger partial charge on any atom is 0.410 e. The van der Waals surface area contributed by atoms with Gasteiger partial charge in [-0.25, -0.2) is 4.79 Å². The fourth-order valence-corrected chi connectivity index (χ4v) is 2.42. The molecule has 1 aliphatic rings. The van der Waals surface area contributed by atoms with Gasteiger partial charge in [-0.3, -0.25) is 0 Å². The van der Waals surface area contributed by atoms with Gasteiger partial charge in [0, 0.05) is 13.1 Å². The number of benzene rings is 1. The summed E-state index contributed by atoms with van der Waals surface area (Å²) in [5.41, 5.74) is 3.36. The van der Waals surface area contributed by atoms with Crippen molar-refractivity contribution in [1.82, 2.24) is 4.90 Å². The van der Waals surface area contributed by atoms with Crippen LogP contribution in [0.25, 0.3) is 5.57 Å². The third-order valence-electron chi connectivity index (χ3n) is 3.67. The van der Waals surface area contributed by atoms with Gasteiger partial charge in [-0.05, 0) is 42.9 Å². The van der Waals surface area contributed by atoms with Crippen LogP contribution in [0.1, 0.15) is 52.7 Å². The first kappa shape index (κ1) is 16.6. The van der Waals surface area contributed by atoms with Crippen molar-refractivity contribution in [3.8, 4) is 0 Å². The molecular formula is C19H27NO2. The molecule has 0 unspecified atom stereocenters. The number of amides is 1. The molecule has 0 bridgehead atoms. The molecule has 1 aliphatic heterocycles. The van der Waals surface area contributed by atoms with Crippen LogP contribution in [0.5, 0.6) is 0 Å². The van der Waals surface area contributed by atoms with Gasteiger partial charge in [0.1, 0.15) is 5.60 Å². The smallest absolute Gasteiger partial charge is 0.410 e. The molecule has 1 aromatic carbocycles. The molecule has 0 radical (unpaired) electrons. The van der Waals surface area contributed by atoms with Crippen LogP contribution in [-0.4, -0.2) is 29.7 Å². The first-order valence-corrected chi connectivity index (χ1v) is 7.84. The molecule has 1 amide bonds. The molecule has 0 atom stereocenters. The zero-order valence-electron chi connectivity index (χ0n) is 14.6. The number of hydrogen-bond acceptors (Lipinski definition) is 2. The summed E-state index contributed by atoms with van der Waals surface area (Å²) in [6, 6.07) is 8.58. The lowest BCUT2D eigenvalue weighted by atomic mass is 9.85. The zero-order valence-corrected chi connectivity index (χ0v) is 14.6. The van der Waals surface area contributed by atoms with Crippen molar-refractivity contribution in [1.29, 1.82) is 0 Å². The molecular weight excluding hydrogens is 274 g/mol. The van der Waals surface area contributed by atoms with E-state index in [4.69, 9.17) is 4.74 Å². The number of nitrogens with zero attached hydrogens (tertiary/aromatic N) is 1. The fourth-order valence-electron chi connectivity index (χ4n) is 2.42. The summed E-state index contributed by atoms with van der Waals surface area (Å²) in [5.74, 6) is 0. The van der Waals surface area contributed by atoms with Crippen LogP contribution in [0.15, 0.2) is 30.3 Å². The highest BCUT2D eigenvalue weighted by Gasteiger charge is 2.26. The Labute approximate surface area is 134 Å². The van der Waals surface area contributed by atoms with Crippen LogP contribution >= 0.6 is 0 Å². The van der Waals surface area contributed by atoms with E-state index in [1.54, 1.807) is 4.90 Å². The summed E-state index contributed by atoms with van der Waals surface area (Å²) in [6.45, 7) is 13.5. The molecule has 3 nitrogen and oxygen atoms in total. The molecule has 0 spiro atoms. The normalized spacial score (nSPS) is 15.7. The predicted octanol–water partition coefficient (Wildman–Crippen LogP) is 4.62. The highest BCUT2D eigenvalue weighted by molar-refractivity contribution is 5.77. The molecule has 0 aliphatic carbocycles. The van der Waals surface area contributed by atoms with E-state index in [0.717, 1.165) is 0 Å². The molecule has 22 heavy (non-hydrogen) atoms. The average molecular weight is 301 g/mol. The minimum Gasteiger partial charge on any atom is -0.444 e. The van der Waals surface area contributed by atoms with Gasteiger partial charge in [-0.15, -0.1) is 0 Å². The summed E-state index contributed by atoms with van der Waals surface area (Å²) >= 11 is 0. The fraction of sp³-hybridized carbons (Fsp3) is 0.526. The van der Waals surface area contributed by atoms with Crippen LogP contribution in [0.4, 0.5) is 4.79 Å². The molecule has 1 heterocycles. The second-order valence-corrected chi connectivity index (χ2v) is 7.92. The summed E-state index contributed by atoms with van der Waals surface area (Å²) in [5, 5.41) is 0. The molecule has 120 valence electrons. The molecule has 3 heteroatoms. The van der Waals surface area contributed by atoms with E-state index in [-0.39, 0.29) is 11.5 Å². The molecule has 0 N–H and O–H groups in total. The second kappa shape index (κ2) is 5.79. The van der Waals surface area contributed by atoms with Crippen molar-refractivity contribution in [2.75, 3.05) is 13.1 Å². The lowest BCUT2D eigenvalue weighted by Crippen LogP contribution is -2.35. The van der Waals surface area contributed by atoms with E-state index in [0.29, 0.717) is 13.1 Å².